The molecule has 1 atom stereocenters. The van der Waals surface area contributed by atoms with Gasteiger partial charge in [0.05, 0.1) is 10.9 Å². The summed E-state index contributed by atoms with van der Waals surface area (Å²) in [7, 11) is 0. The van der Waals surface area contributed by atoms with Gasteiger partial charge in [0.2, 0.25) is 0 Å². The summed E-state index contributed by atoms with van der Waals surface area (Å²) in [6, 6.07) is 14.0. The van der Waals surface area contributed by atoms with Gasteiger partial charge in [-0.25, -0.2) is 0 Å². The van der Waals surface area contributed by atoms with Gasteiger partial charge < -0.3 is 10.6 Å². The van der Waals surface area contributed by atoms with Gasteiger partial charge in [-0.05, 0) is 54.3 Å². The normalized spacial score (nSPS) is 11.6. The second kappa shape index (κ2) is 7.72. The van der Waals surface area contributed by atoms with Crippen LogP contribution in [0.2, 0.25) is 0 Å². The number of benzene rings is 1. The zero-order chi connectivity index (χ0) is 17.6. The first-order valence-corrected chi connectivity index (χ1v) is 8.67. The van der Waals surface area contributed by atoms with Crippen molar-refractivity contribution in [3.8, 4) is 0 Å². The van der Waals surface area contributed by atoms with E-state index in [1.165, 1.54) is 11.3 Å². The van der Waals surface area contributed by atoms with Crippen LogP contribution in [-0.4, -0.2) is 16.8 Å². The molecule has 0 saturated carbocycles. The van der Waals surface area contributed by atoms with E-state index in [1.807, 2.05) is 30.5 Å². The van der Waals surface area contributed by atoms with Gasteiger partial charge in [0.25, 0.3) is 11.8 Å². The van der Waals surface area contributed by atoms with E-state index >= 15 is 0 Å². The van der Waals surface area contributed by atoms with E-state index in [-0.39, 0.29) is 17.9 Å². The molecule has 3 rings (SSSR count). The Morgan fingerprint density at radius 3 is 2.48 bits per heavy atom. The third-order valence-corrected chi connectivity index (χ3v) is 4.55. The lowest BCUT2D eigenvalue weighted by Crippen LogP contribution is -2.26. The minimum atomic E-state index is -0.174. The molecule has 1 aromatic carbocycles. The van der Waals surface area contributed by atoms with Gasteiger partial charge in [-0.3, -0.25) is 14.6 Å². The first kappa shape index (κ1) is 16.9. The number of aromatic nitrogens is 1. The number of nitrogens with one attached hydrogen (secondary N) is 2. The average molecular weight is 351 g/mol. The van der Waals surface area contributed by atoms with Gasteiger partial charge in [-0.15, -0.1) is 11.3 Å². The van der Waals surface area contributed by atoms with Crippen molar-refractivity contribution in [2.75, 3.05) is 5.32 Å². The van der Waals surface area contributed by atoms with Crippen LogP contribution in [-0.2, 0) is 0 Å². The zero-order valence-electron chi connectivity index (χ0n) is 13.6. The smallest absolute Gasteiger partial charge is 0.265 e. The van der Waals surface area contributed by atoms with Crippen LogP contribution >= 0.6 is 11.3 Å². The number of carbonyl (C=O) groups is 2. The van der Waals surface area contributed by atoms with Crippen molar-refractivity contribution in [1.82, 2.24) is 10.3 Å². The third kappa shape index (κ3) is 4.30. The summed E-state index contributed by atoms with van der Waals surface area (Å²) in [5, 5.41) is 7.59. The molecular weight excluding hydrogens is 334 g/mol. The number of thiophene rings is 1. The average Bonchev–Trinajstić information content (AvgIpc) is 3.18. The fourth-order valence-corrected chi connectivity index (χ4v) is 2.92. The largest absolute Gasteiger partial charge is 0.345 e. The molecule has 6 heteroatoms. The highest BCUT2D eigenvalue weighted by Crippen LogP contribution is 2.15. The molecule has 0 unspecified atom stereocenters. The maximum atomic E-state index is 12.3. The molecule has 0 aliphatic heterocycles. The fourth-order valence-electron chi connectivity index (χ4n) is 2.30. The van der Waals surface area contributed by atoms with Gasteiger partial charge in [0.1, 0.15) is 0 Å². The summed E-state index contributed by atoms with van der Waals surface area (Å²) < 4.78 is 0. The third-order valence-electron chi connectivity index (χ3n) is 3.68. The topological polar surface area (TPSA) is 71.1 Å². The van der Waals surface area contributed by atoms with Crippen molar-refractivity contribution in [1.29, 1.82) is 0 Å². The molecule has 2 heterocycles. The van der Waals surface area contributed by atoms with E-state index in [9.17, 15) is 9.59 Å². The minimum absolute atomic E-state index is 0.139. The van der Waals surface area contributed by atoms with Crippen molar-refractivity contribution in [3.05, 3.63) is 82.3 Å². The number of rotatable bonds is 5. The van der Waals surface area contributed by atoms with Crippen LogP contribution in [0.25, 0.3) is 0 Å². The Hall–Kier alpha value is -2.99. The molecule has 0 aliphatic carbocycles. The Balaban J connectivity index is 1.61. The van der Waals surface area contributed by atoms with Crippen LogP contribution in [0.3, 0.4) is 0 Å². The van der Waals surface area contributed by atoms with Gasteiger partial charge in [0, 0.05) is 23.6 Å². The Kier molecular flexibility index (Phi) is 5.20. The van der Waals surface area contributed by atoms with Crippen molar-refractivity contribution in [3.63, 3.8) is 0 Å². The quantitative estimate of drug-likeness (QED) is 0.733. The van der Waals surface area contributed by atoms with E-state index in [0.717, 1.165) is 5.56 Å². The van der Waals surface area contributed by atoms with Crippen molar-refractivity contribution < 1.29 is 9.59 Å². The van der Waals surface area contributed by atoms with Crippen LogP contribution in [0, 0.1) is 0 Å². The summed E-state index contributed by atoms with van der Waals surface area (Å²) in [6.45, 7) is 1.91. The molecule has 2 aromatic heterocycles. The molecule has 0 aliphatic rings. The predicted molar refractivity (Wildman–Crippen MR) is 98.8 cm³/mol. The molecule has 0 saturated heterocycles. The first-order chi connectivity index (χ1) is 12.1. The Morgan fingerprint density at radius 1 is 1.04 bits per heavy atom. The number of carbonyl (C=O) groups excluding carboxylic acids is 2. The van der Waals surface area contributed by atoms with Gasteiger partial charge in [0.15, 0.2) is 0 Å². The number of anilines is 1. The van der Waals surface area contributed by atoms with Gasteiger partial charge in [-0.1, -0.05) is 12.1 Å². The number of amides is 2. The Labute approximate surface area is 149 Å². The van der Waals surface area contributed by atoms with Crippen molar-refractivity contribution in [2.45, 2.75) is 13.0 Å². The van der Waals surface area contributed by atoms with Crippen LogP contribution < -0.4 is 10.6 Å². The summed E-state index contributed by atoms with van der Waals surface area (Å²) >= 11 is 1.38. The molecule has 2 amide bonds. The minimum Gasteiger partial charge on any atom is -0.345 e. The molecule has 0 bridgehead atoms. The van der Waals surface area contributed by atoms with E-state index < -0.39 is 0 Å². The monoisotopic (exact) mass is 351 g/mol. The van der Waals surface area contributed by atoms with Crippen molar-refractivity contribution >= 4 is 28.8 Å². The number of pyridine rings is 1. The van der Waals surface area contributed by atoms with Crippen LogP contribution in [0.1, 0.15) is 38.6 Å². The summed E-state index contributed by atoms with van der Waals surface area (Å²) in [6.07, 6.45) is 3.43. The first-order valence-electron chi connectivity index (χ1n) is 7.79. The van der Waals surface area contributed by atoms with Crippen LogP contribution in [0.5, 0.6) is 0 Å². The SMILES string of the molecule is C[C@H](NC(=O)c1ccc(NC(=O)c2cccs2)cc1)c1cccnc1. The van der Waals surface area contributed by atoms with Gasteiger partial charge in [-0.2, -0.15) is 0 Å². The Bertz CT molecular complexity index is 846. The molecule has 25 heavy (non-hydrogen) atoms. The maximum absolute atomic E-state index is 12.3. The van der Waals surface area contributed by atoms with Crippen molar-refractivity contribution in [2.24, 2.45) is 0 Å². The lowest BCUT2D eigenvalue weighted by molar-refractivity contribution is 0.0939. The van der Waals surface area contributed by atoms with E-state index in [1.54, 1.807) is 42.7 Å². The number of hydrogen-bond donors (Lipinski definition) is 2. The lowest BCUT2D eigenvalue weighted by Gasteiger charge is -2.14. The van der Waals surface area contributed by atoms with Crippen LogP contribution in [0.15, 0.2) is 66.3 Å². The highest BCUT2D eigenvalue weighted by molar-refractivity contribution is 7.12. The molecule has 126 valence electrons. The van der Waals surface area contributed by atoms with Crippen LogP contribution in [0.4, 0.5) is 5.69 Å². The maximum Gasteiger partial charge on any atom is 0.265 e. The molecule has 5 nitrogen and oxygen atoms in total. The fraction of sp³-hybridized carbons (Fsp3) is 0.105. The zero-order valence-corrected chi connectivity index (χ0v) is 14.4. The molecule has 3 aromatic rings. The lowest BCUT2D eigenvalue weighted by atomic mass is 10.1. The molecule has 2 N–H and O–H groups in total. The second-order valence-electron chi connectivity index (χ2n) is 5.49. The Morgan fingerprint density at radius 2 is 1.84 bits per heavy atom. The molecule has 0 spiro atoms. The standard InChI is InChI=1S/C19H17N3O2S/c1-13(15-4-2-10-20-12-15)21-18(23)14-6-8-16(9-7-14)22-19(24)17-5-3-11-25-17/h2-13H,1H3,(H,21,23)(H,22,24)/t13-/m0/s1. The summed E-state index contributed by atoms with van der Waals surface area (Å²) in [5.41, 5.74) is 2.12. The predicted octanol–water partition coefficient (Wildman–Crippen LogP) is 3.89. The highest BCUT2D eigenvalue weighted by Gasteiger charge is 2.12. The number of nitrogens with zero attached hydrogens (tertiary/aromatic N) is 1. The second-order valence-corrected chi connectivity index (χ2v) is 6.44. The van der Waals surface area contributed by atoms with E-state index in [0.29, 0.717) is 16.1 Å². The van der Waals surface area contributed by atoms with Gasteiger partial charge >= 0.3 is 0 Å². The number of hydrogen-bond acceptors (Lipinski definition) is 4. The molecular formula is C19H17N3O2S. The molecule has 0 fully saturated rings. The van der Waals surface area contributed by atoms with E-state index in [2.05, 4.69) is 15.6 Å². The summed E-state index contributed by atoms with van der Waals surface area (Å²) in [5.74, 6) is -0.329. The molecule has 0 radical (unpaired) electrons. The summed E-state index contributed by atoms with van der Waals surface area (Å²) in [4.78, 5) is 29.0. The highest BCUT2D eigenvalue weighted by atomic mass is 32.1. The van der Waals surface area contributed by atoms with E-state index in [4.69, 9.17) is 0 Å².